The molecule has 3 nitrogen and oxygen atoms in total. The molecule has 0 N–H and O–H groups in total. The lowest BCUT2D eigenvalue weighted by molar-refractivity contribution is 0.214. The van der Waals surface area contributed by atoms with Gasteiger partial charge in [0.05, 0.1) is 0 Å². The number of piperidine rings is 1. The molecule has 78 valence electrons. The average molecular weight is 234 g/mol. The van der Waals surface area contributed by atoms with Crippen molar-refractivity contribution >= 4 is 21.6 Å². The third-order valence-corrected chi connectivity index (χ3v) is 3.94. The Bertz CT molecular complexity index is 262. The maximum atomic E-state index is 12.0. The Labute approximate surface area is 80.7 Å². The maximum Gasteiger partial charge on any atom is 0.350 e. The summed E-state index contributed by atoms with van der Waals surface area (Å²) in [6, 6.07) is 0. The molecule has 0 bridgehead atoms. The van der Waals surface area contributed by atoms with Gasteiger partial charge in [-0.2, -0.15) is 13.1 Å². The Balaban J connectivity index is 2.64. The van der Waals surface area contributed by atoms with Crippen LogP contribution < -0.4 is 0 Å². The van der Waals surface area contributed by atoms with Gasteiger partial charge in [-0.25, -0.2) is 8.42 Å². The number of hydrogen-bond donors (Lipinski definition) is 0. The molecule has 13 heavy (non-hydrogen) atoms. The predicted molar refractivity (Wildman–Crippen MR) is 45.4 cm³/mol. The minimum Gasteiger partial charge on any atom is -0.206 e. The molecule has 1 saturated heterocycles. The molecular weight excluding hydrogens is 224 g/mol. The lowest BCUT2D eigenvalue weighted by atomic mass is 10.2. The van der Waals surface area contributed by atoms with E-state index in [1.165, 1.54) is 0 Å². The first-order valence-corrected chi connectivity index (χ1v) is 5.79. The van der Waals surface area contributed by atoms with Crippen LogP contribution in [-0.2, 0) is 10.0 Å². The summed E-state index contributed by atoms with van der Waals surface area (Å²) in [7, 11) is -4.38. The smallest absolute Gasteiger partial charge is 0.206 e. The molecule has 1 fully saturated rings. The molecule has 0 aromatic rings. The molecule has 0 atom stereocenters. The van der Waals surface area contributed by atoms with Gasteiger partial charge in [0, 0.05) is 18.5 Å². The number of nitrogens with zero attached hydrogens (tertiary/aromatic N) is 1. The molecule has 0 aliphatic carbocycles. The van der Waals surface area contributed by atoms with Crippen molar-refractivity contribution in [1.29, 1.82) is 0 Å². The van der Waals surface area contributed by atoms with Crippen LogP contribution in [0.3, 0.4) is 0 Å². The van der Waals surface area contributed by atoms with E-state index in [0.717, 1.165) is 4.31 Å². The van der Waals surface area contributed by atoms with E-state index in [4.69, 9.17) is 11.6 Å². The van der Waals surface area contributed by atoms with Crippen LogP contribution in [0.2, 0.25) is 0 Å². The van der Waals surface area contributed by atoms with Crippen molar-refractivity contribution in [2.24, 2.45) is 0 Å². The summed E-state index contributed by atoms with van der Waals surface area (Å²) in [5, 5.41) is -0.0934. The van der Waals surface area contributed by atoms with Gasteiger partial charge in [-0.1, -0.05) is 0 Å². The maximum absolute atomic E-state index is 12.0. The molecule has 0 amide bonds. The van der Waals surface area contributed by atoms with E-state index in [2.05, 4.69) is 0 Å². The van der Waals surface area contributed by atoms with Crippen molar-refractivity contribution < 1.29 is 17.2 Å². The minimum absolute atomic E-state index is 0.0934. The summed E-state index contributed by atoms with van der Waals surface area (Å²) in [5.41, 5.74) is 0. The predicted octanol–water partition coefficient (Wildman–Crippen LogP) is 1.24. The van der Waals surface area contributed by atoms with Gasteiger partial charge in [0.15, 0.2) is 0 Å². The Morgan fingerprint density at radius 2 is 1.77 bits per heavy atom. The monoisotopic (exact) mass is 233 g/mol. The van der Waals surface area contributed by atoms with Gasteiger partial charge in [-0.15, -0.1) is 11.6 Å². The summed E-state index contributed by atoms with van der Waals surface area (Å²) in [4.78, 5) is 0. The number of alkyl halides is 3. The van der Waals surface area contributed by atoms with E-state index in [1.54, 1.807) is 0 Å². The highest BCUT2D eigenvalue weighted by Gasteiger charge is 2.34. The Morgan fingerprint density at radius 1 is 1.31 bits per heavy atom. The topological polar surface area (TPSA) is 37.4 Å². The van der Waals surface area contributed by atoms with E-state index in [9.17, 15) is 17.2 Å². The quantitative estimate of drug-likeness (QED) is 0.673. The highest BCUT2D eigenvalue weighted by Crippen LogP contribution is 2.21. The second-order valence-electron chi connectivity index (χ2n) is 2.88. The molecule has 0 unspecified atom stereocenters. The normalized spacial score (nSPS) is 22.5. The number of hydrogen-bond acceptors (Lipinski definition) is 2. The third-order valence-electron chi connectivity index (χ3n) is 1.97. The zero-order chi connectivity index (χ0) is 10.1. The molecule has 1 rings (SSSR count). The molecule has 0 saturated carbocycles. The van der Waals surface area contributed by atoms with Gasteiger partial charge < -0.3 is 0 Å². The highest BCUT2D eigenvalue weighted by atomic mass is 35.5. The molecule has 0 aromatic heterocycles. The van der Waals surface area contributed by atoms with E-state index in [0.29, 0.717) is 12.8 Å². The van der Waals surface area contributed by atoms with Crippen molar-refractivity contribution in [2.75, 3.05) is 13.1 Å². The zero-order valence-electron chi connectivity index (χ0n) is 6.79. The summed E-state index contributed by atoms with van der Waals surface area (Å²) in [6.45, 7) is 0.196. The molecular formula is C6H10ClF2NO2S. The van der Waals surface area contributed by atoms with Gasteiger partial charge in [0.25, 0.3) is 10.0 Å². The third kappa shape index (κ3) is 2.51. The summed E-state index contributed by atoms with van der Waals surface area (Å²) < 4.78 is 46.7. The van der Waals surface area contributed by atoms with Crippen LogP contribution in [0, 0.1) is 0 Å². The van der Waals surface area contributed by atoms with E-state index in [-0.39, 0.29) is 18.5 Å². The molecule has 1 heterocycles. The van der Waals surface area contributed by atoms with E-state index >= 15 is 0 Å². The van der Waals surface area contributed by atoms with Crippen LogP contribution in [0.4, 0.5) is 8.78 Å². The van der Waals surface area contributed by atoms with Crippen LogP contribution in [0.25, 0.3) is 0 Å². The first-order valence-electron chi connectivity index (χ1n) is 3.86. The summed E-state index contributed by atoms with van der Waals surface area (Å²) in [5.74, 6) is -3.32. The largest absolute Gasteiger partial charge is 0.350 e. The van der Waals surface area contributed by atoms with Crippen LogP contribution in [0.5, 0.6) is 0 Å². The molecule has 0 radical (unpaired) electrons. The second kappa shape index (κ2) is 4.06. The summed E-state index contributed by atoms with van der Waals surface area (Å²) >= 11 is 5.70. The van der Waals surface area contributed by atoms with Crippen molar-refractivity contribution in [3.63, 3.8) is 0 Å². The summed E-state index contributed by atoms with van der Waals surface area (Å²) in [6.07, 6.45) is 0.876. The fraction of sp³-hybridized carbons (Fsp3) is 1.00. The zero-order valence-corrected chi connectivity index (χ0v) is 8.36. The van der Waals surface area contributed by atoms with Crippen LogP contribution in [0.15, 0.2) is 0 Å². The average Bonchev–Trinajstić information content (AvgIpc) is 2.04. The van der Waals surface area contributed by atoms with Gasteiger partial charge in [-0.3, -0.25) is 0 Å². The van der Waals surface area contributed by atoms with Gasteiger partial charge >= 0.3 is 5.76 Å². The molecule has 0 aromatic carbocycles. The van der Waals surface area contributed by atoms with E-state index in [1.807, 2.05) is 0 Å². The standard InChI is InChI=1S/C6H10ClF2NO2S/c7-5-1-3-10(4-2-5)13(11,12)6(8)9/h5-6H,1-4H2. The SMILES string of the molecule is O=S(=O)(C(F)F)N1CCC(Cl)CC1. The molecule has 1 aliphatic heterocycles. The number of sulfonamides is 1. The highest BCUT2D eigenvalue weighted by molar-refractivity contribution is 7.89. The van der Waals surface area contributed by atoms with E-state index < -0.39 is 15.8 Å². The van der Waals surface area contributed by atoms with Crippen molar-refractivity contribution in [3.8, 4) is 0 Å². The molecule has 1 aliphatic rings. The number of halogens is 3. The van der Waals surface area contributed by atoms with Crippen LogP contribution in [0.1, 0.15) is 12.8 Å². The fourth-order valence-corrected chi connectivity index (χ4v) is 2.33. The van der Waals surface area contributed by atoms with Crippen molar-refractivity contribution in [1.82, 2.24) is 4.31 Å². The van der Waals surface area contributed by atoms with Crippen molar-refractivity contribution in [2.45, 2.75) is 24.0 Å². The lowest BCUT2D eigenvalue weighted by Gasteiger charge is -2.27. The van der Waals surface area contributed by atoms with Crippen LogP contribution >= 0.6 is 11.6 Å². The first-order chi connectivity index (χ1) is 5.94. The molecule has 7 heteroatoms. The second-order valence-corrected chi connectivity index (χ2v) is 5.40. The van der Waals surface area contributed by atoms with Gasteiger partial charge in [-0.05, 0) is 12.8 Å². The van der Waals surface area contributed by atoms with Gasteiger partial charge in [0.2, 0.25) is 0 Å². The number of rotatable bonds is 2. The Morgan fingerprint density at radius 3 is 2.15 bits per heavy atom. The Kier molecular flexibility index (Phi) is 3.48. The fourth-order valence-electron chi connectivity index (χ4n) is 1.19. The first kappa shape index (κ1) is 11.1. The van der Waals surface area contributed by atoms with Crippen LogP contribution in [-0.4, -0.2) is 36.9 Å². The van der Waals surface area contributed by atoms with Crippen molar-refractivity contribution in [3.05, 3.63) is 0 Å². The molecule has 0 spiro atoms. The van der Waals surface area contributed by atoms with Gasteiger partial charge in [0.1, 0.15) is 0 Å². The Hall–Kier alpha value is 0.0600. The minimum atomic E-state index is -4.38. The lowest BCUT2D eigenvalue weighted by Crippen LogP contribution is -2.41.